The highest BCUT2D eigenvalue weighted by Crippen LogP contribution is 2.20. The van der Waals surface area contributed by atoms with Crippen LogP contribution in [0.2, 0.25) is 5.02 Å². The molecule has 0 spiro atoms. The minimum Gasteiger partial charge on any atom is -0.478 e. The van der Waals surface area contributed by atoms with Crippen molar-refractivity contribution in [3.8, 4) is 0 Å². The second-order valence-electron chi connectivity index (χ2n) is 3.16. The molecule has 3 nitrogen and oxygen atoms in total. The lowest BCUT2D eigenvalue weighted by Crippen LogP contribution is -2.10. The maximum absolute atomic E-state index is 10.8. The smallest absolute Gasteiger partial charge is 0.337 e. The van der Waals surface area contributed by atoms with E-state index in [0.29, 0.717) is 3.92 Å². The molecule has 0 aliphatic heterocycles. The standard InChI is InChI=1S/C10H11ClINO2/c1-6(12)5-13-7-2-3-9(11)8(4-7)10(14)15/h2-4,6,13H,5H2,1H3,(H,14,15). The van der Waals surface area contributed by atoms with Crippen molar-refractivity contribution >= 4 is 45.8 Å². The number of carboxylic acid groups (broad SMARTS) is 1. The van der Waals surface area contributed by atoms with Crippen molar-refractivity contribution in [1.29, 1.82) is 0 Å². The molecule has 0 heterocycles. The number of halogens is 2. The van der Waals surface area contributed by atoms with E-state index in [4.69, 9.17) is 16.7 Å². The van der Waals surface area contributed by atoms with Gasteiger partial charge in [0.15, 0.2) is 0 Å². The van der Waals surface area contributed by atoms with Gasteiger partial charge in [0.2, 0.25) is 0 Å². The summed E-state index contributed by atoms with van der Waals surface area (Å²) in [5.41, 5.74) is 0.906. The van der Waals surface area contributed by atoms with Gasteiger partial charge in [-0.2, -0.15) is 0 Å². The second-order valence-corrected chi connectivity index (χ2v) is 5.70. The first-order valence-corrected chi connectivity index (χ1v) is 6.04. The quantitative estimate of drug-likeness (QED) is 0.654. The number of rotatable bonds is 4. The molecule has 0 bridgehead atoms. The lowest BCUT2D eigenvalue weighted by atomic mass is 10.2. The van der Waals surface area contributed by atoms with E-state index in [9.17, 15) is 4.79 Å². The summed E-state index contributed by atoms with van der Waals surface area (Å²) in [6, 6.07) is 4.91. The number of nitrogens with one attached hydrogen (secondary N) is 1. The Morgan fingerprint density at radius 1 is 1.67 bits per heavy atom. The van der Waals surface area contributed by atoms with Gasteiger partial charge in [0.05, 0.1) is 10.6 Å². The molecule has 1 aromatic carbocycles. The summed E-state index contributed by atoms with van der Waals surface area (Å²) < 4.78 is 0.478. The van der Waals surface area contributed by atoms with E-state index in [1.165, 1.54) is 0 Å². The van der Waals surface area contributed by atoms with Crippen molar-refractivity contribution in [3.05, 3.63) is 28.8 Å². The van der Waals surface area contributed by atoms with E-state index in [0.717, 1.165) is 12.2 Å². The molecule has 82 valence electrons. The van der Waals surface area contributed by atoms with E-state index in [1.54, 1.807) is 18.2 Å². The van der Waals surface area contributed by atoms with Crippen LogP contribution in [0.5, 0.6) is 0 Å². The number of benzene rings is 1. The summed E-state index contributed by atoms with van der Waals surface area (Å²) in [6.07, 6.45) is 0. The summed E-state index contributed by atoms with van der Waals surface area (Å²) in [5.74, 6) is -1.01. The highest BCUT2D eigenvalue weighted by molar-refractivity contribution is 14.1. The lowest BCUT2D eigenvalue weighted by molar-refractivity contribution is 0.0697. The number of hydrogen-bond donors (Lipinski definition) is 2. The van der Waals surface area contributed by atoms with Crippen LogP contribution in [0.4, 0.5) is 5.69 Å². The SMILES string of the molecule is CC(I)CNc1ccc(Cl)c(C(=O)O)c1. The van der Waals surface area contributed by atoms with Crippen molar-refractivity contribution in [2.75, 3.05) is 11.9 Å². The van der Waals surface area contributed by atoms with Crippen molar-refractivity contribution in [2.45, 2.75) is 10.8 Å². The minimum atomic E-state index is -1.01. The third-order valence-electron chi connectivity index (χ3n) is 1.78. The fraction of sp³-hybridized carbons (Fsp3) is 0.300. The molecule has 15 heavy (non-hydrogen) atoms. The van der Waals surface area contributed by atoms with Crippen LogP contribution >= 0.6 is 34.2 Å². The number of carbonyl (C=O) groups is 1. The Morgan fingerprint density at radius 2 is 2.33 bits per heavy atom. The van der Waals surface area contributed by atoms with Gasteiger partial charge >= 0.3 is 5.97 Å². The third kappa shape index (κ3) is 3.87. The van der Waals surface area contributed by atoms with E-state index in [-0.39, 0.29) is 10.6 Å². The summed E-state index contributed by atoms with van der Waals surface area (Å²) >= 11 is 8.04. The Labute approximate surface area is 107 Å². The molecule has 0 aliphatic carbocycles. The number of anilines is 1. The number of alkyl halides is 1. The predicted octanol–water partition coefficient (Wildman–Crippen LogP) is 3.27. The molecule has 2 N–H and O–H groups in total. The highest BCUT2D eigenvalue weighted by atomic mass is 127. The van der Waals surface area contributed by atoms with Crippen molar-refractivity contribution in [2.24, 2.45) is 0 Å². The number of hydrogen-bond acceptors (Lipinski definition) is 2. The maximum Gasteiger partial charge on any atom is 0.337 e. The van der Waals surface area contributed by atoms with Crippen LogP contribution in [0.25, 0.3) is 0 Å². The average Bonchev–Trinajstić information content (AvgIpc) is 2.16. The zero-order chi connectivity index (χ0) is 11.4. The first-order chi connectivity index (χ1) is 7.00. The van der Waals surface area contributed by atoms with Crippen LogP contribution in [0.15, 0.2) is 18.2 Å². The summed E-state index contributed by atoms with van der Waals surface area (Å²) in [5, 5.41) is 12.3. The lowest BCUT2D eigenvalue weighted by Gasteiger charge is -2.09. The zero-order valence-electron chi connectivity index (χ0n) is 8.13. The van der Waals surface area contributed by atoms with Gasteiger partial charge in [0.1, 0.15) is 0 Å². The molecule has 0 aromatic heterocycles. The fourth-order valence-electron chi connectivity index (χ4n) is 1.06. The number of carboxylic acids is 1. The van der Waals surface area contributed by atoms with Gasteiger partial charge in [-0.15, -0.1) is 0 Å². The van der Waals surface area contributed by atoms with Crippen molar-refractivity contribution < 1.29 is 9.90 Å². The van der Waals surface area contributed by atoms with Gasteiger partial charge in [-0.25, -0.2) is 4.79 Å². The van der Waals surface area contributed by atoms with Crippen LogP contribution in [0.1, 0.15) is 17.3 Å². The molecule has 1 unspecified atom stereocenters. The molecule has 1 rings (SSSR count). The number of aromatic carboxylic acids is 1. The van der Waals surface area contributed by atoms with E-state index in [2.05, 4.69) is 34.8 Å². The molecule has 0 aliphatic rings. The molecule has 5 heteroatoms. The summed E-state index contributed by atoms with van der Waals surface area (Å²) in [7, 11) is 0. The maximum atomic E-state index is 10.8. The third-order valence-corrected chi connectivity index (χ3v) is 2.55. The van der Waals surface area contributed by atoms with Gasteiger partial charge < -0.3 is 10.4 Å². The van der Waals surface area contributed by atoms with E-state index >= 15 is 0 Å². The molecule has 1 aromatic rings. The minimum absolute atomic E-state index is 0.128. The Balaban J connectivity index is 2.83. The van der Waals surface area contributed by atoms with Crippen molar-refractivity contribution in [1.82, 2.24) is 0 Å². The van der Waals surface area contributed by atoms with Crippen LogP contribution in [0, 0.1) is 0 Å². The first kappa shape index (κ1) is 12.6. The predicted molar refractivity (Wildman–Crippen MR) is 70.4 cm³/mol. The molecule has 0 saturated carbocycles. The van der Waals surface area contributed by atoms with Crippen LogP contribution in [-0.2, 0) is 0 Å². The largest absolute Gasteiger partial charge is 0.478 e. The summed E-state index contributed by atoms with van der Waals surface area (Å²) in [6.45, 7) is 2.86. The monoisotopic (exact) mass is 339 g/mol. The topological polar surface area (TPSA) is 49.3 Å². The molecule has 0 radical (unpaired) electrons. The van der Waals surface area contributed by atoms with Crippen molar-refractivity contribution in [3.63, 3.8) is 0 Å². The second kappa shape index (κ2) is 5.55. The molecule has 0 saturated heterocycles. The highest BCUT2D eigenvalue weighted by Gasteiger charge is 2.09. The Kier molecular flexibility index (Phi) is 4.66. The molecular formula is C10H11ClINO2. The van der Waals surface area contributed by atoms with Crippen LogP contribution in [0.3, 0.4) is 0 Å². The molecule has 0 amide bonds. The van der Waals surface area contributed by atoms with E-state index < -0.39 is 5.97 Å². The van der Waals surface area contributed by atoms with Gasteiger partial charge in [-0.05, 0) is 18.2 Å². The van der Waals surface area contributed by atoms with Crippen LogP contribution in [-0.4, -0.2) is 21.5 Å². The fourth-order valence-corrected chi connectivity index (χ4v) is 1.48. The van der Waals surface area contributed by atoms with E-state index in [1.807, 2.05) is 0 Å². The van der Waals surface area contributed by atoms with Crippen LogP contribution < -0.4 is 5.32 Å². The Bertz CT molecular complexity index is 368. The Hall–Kier alpha value is -0.490. The first-order valence-electron chi connectivity index (χ1n) is 4.41. The molecule has 1 atom stereocenters. The van der Waals surface area contributed by atoms with Gasteiger partial charge in [-0.3, -0.25) is 0 Å². The Morgan fingerprint density at radius 3 is 2.87 bits per heavy atom. The summed E-state index contributed by atoms with van der Waals surface area (Å²) in [4.78, 5) is 10.8. The molecule has 0 fully saturated rings. The van der Waals surface area contributed by atoms with Gasteiger partial charge in [0.25, 0.3) is 0 Å². The normalized spacial score (nSPS) is 12.2. The van der Waals surface area contributed by atoms with Gasteiger partial charge in [0, 0.05) is 16.2 Å². The average molecular weight is 340 g/mol. The van der Waals surface area contributed by atoms with Gasteiger partial charge in [-0.1, -0.05) is 41.1 Å². The molecular weight excluding hydrogens is 328 g/mol. The zero-order valence-corrected chi connectivity index (χ0v) is 11.0.